The quantitative estimate of drug-likeness (QED) is 0.222. The van der Waals surface area contributed by atoms with Crippen molar-refractivity contribution in [2.75, 3.05) is 0 Å². The van der Waals surface area contributed by atoms with Crippen molar-refractivity contribution in [3.8, 4) is 0 Å². The first-order chi connectivity index (χ1) is 15.9. The van der Waals surface area contributed by atoms with Gasteiger partial charge in [-0.05, 0) is 91.3 Å². The van der Waals surface area contributed by atoms with Crippen LogP contribution >= 0.6 is 0 Å². The summed E-state index contributed by atoms with van der Waals surface area (Å²) in [5, 5.41) is 4.32. The predicted molar refractivity (Wildman–Crippen MR) is 141 cm³/mol. The predicted octanol–water partition coefficient (Wildman–Crippen LogP) is 8.58. The highest BCUT2D eigenvalue weighted by Gasteiger charge is 2.61. The van der Waals surface area contributed by atoms with Gasteiger partial charge in [0.2, 0.25) is 0 Å². The van der Waals surface area contributed by atoms with Crippen molar-refractivity contribution in [2.45, 2.75) is 120 Å². The summed E-state index contributed by atoms with van der Waals surface area (Å²) in [7, 11) is 0. The summed E-state index contributed by atoms with van der Waals surface area (Å²) in [6.45, 7) is 18.6. The van der Waals surface area contributed by atoms with Gasteiger partial charge in [-0.25, -0.2) is 4.79 Å². The van der Waals surface area contributed by atoms with Crippen LogP contribution in [-0.2, 0) is 9.63 Å². The van der Waals surface area contributed by atoms with Crippen LogP contribution < -0.4 is 0 Å². The molecule has 0 amide bonds. The Hall–Kier alpha value is -1.12. The second kappa shape index (κ2) is 9.40. The van der Waals surface area contributed by atoms with Crippen LogP contribution in [-0.4, -0.2) is 11.7 Å². The highest BCUT2D eigenvalue weighted by atomic mass is 16.7. The zero-order chi connectivity index (χ0) is 24.9. The van der Waals surface area contributed by atoms with Gasteiger partial charge in [-0.2, -0.15) is 0 Å². The van der Waals surface area contributed by atoms with E-state index < -0.39 is 0 Å². The van der Waals surface area contributed by atoms with Gasteiger partial charge in [-0.15, -0.1) is 0 Å². The molecule has 0 aromatic carbocycles. The highest BCUT2D eigenvalue weighted by molar-refractivity contribution is 5.94. The zero-order valence-electron chi connectivity index (χ0n) is 23.4. The number of oxime groups is 1. The minimum Gasteiger partial charge on any atom is -0.319 e. The number of hydrogen-bond donors (Lipinski definition) is 0. The molecule has 4 rings (SSSR count). The normalized spacial score (nSPS) is 40.9. The Morgan fingerprint density at radius 3 is 2.47 bits per heavy atom. The maximum absolute atomic E-state index is 11.4. The van der Waals surface area contributed by atoms with Gasteiger partial charge in [-0.1, -0.05) is 84.5 Å². The fourth-order valence-electron chi connectivity index (χ4n) is 9.53. The topological polar surface area (TPSA) is 38.7 Å². The Labute approximate surface area is 209 Å². The Bertz CT molecular complexity index is 838. The van der Waals surface area contributed by atoms with E-state index in [1.807, 2.05) is 0 Å². The molecule has 3 nitrogen and oxygen atoms in total. The monoisotopic (exact) mass is 469 g/mol. The van der Waals surface area contributed by atoms with Gasteiger partial charge in [0.25, 0.3) is 0 Å². The number of carbonyl (C=O) groups excluding carboxylic acids is 1. The third kappa shape index (κ3) is 4.32. The standard InChI is InChI=1S/C31H51NO2/c1-20(2)10-9-11-21(3)24-13-14-25-23-12-15-27-29(5,6)28(32-34-22(4)33)17-19-31(27,8)26(23)16-18-30(24,25)7/h15,20-21,23-26H,9-14,16-19H2,1-8H3/b32-28+/t21-,23+,24-,25+,26+,30-,31-/m1/s1. The van der Waals surface area contributed by atoms with Crippen LogP contribution in [0.4, 0.5) is 0 Å². The van der Waals surface area contributed by atoms with Crippen LogP contribution in [0.2, 0.25) is 0 Å². The Balaban J connectivity index is 1.54. The molecular weight excluding hydrogens is 418 g/mol. The van der Waals surface area contributed by atoms with E-state index in [2.05, 4.69) is 59.7 Å². The summed E-state index contributed by atoms with van der Waals surface area (Å²) in [5.74, 6) is 4.79. The van der Waals surface area contributed by atoms with E-state index in [0.717, 1.165) is 54.1 Å². The molecule has 0 spiro atoms. The van der Waals surface area contributed by atoms with E-state index in [1.54, 1.807) is 5.57 Å². The lowest BCUT2D eigenvalue weighted by molar-refractivity contribution is -0.141. The molecule has 3 fully saturated rings. The third-order valence-electron chi connectivity index (χ3n) is 11.2. The molecule has 192 valence electrons. The van der Waals surface area contributed by atoms with Crippen LogP contribution in [0.25, 0.3) is 0 Å². The minimum atomic E-state index is -0.324. The lowest BCUT2D eigenvalue weighted by atomic mass is 9.44. The zero-order valence-corrected chi connectivity index (χ0v) is 23.4. The average Bonchev–Trinajstić information content (AvgIpc) is 3.09. The first-order valence-corrected chi connectivity index (χ1v) is 14.4. The second-order valence-electron chi connectivity index (χ2n) is 13.9. The Kier molecular flexibility index (Phi) is 7.17. The molecule has 0 aliphatic heterocycles. The third-order valence-corrected chi connectivity index (χ3v) is 11.2. The van der Waals surface area contributed by atoms with Gasteiger partial charge in [-0.3, -0.25) is 0 Å². The fourth-order valence-corrected chi connectivity index (χ4v) is 9.53. The molecule has 4 aliphatic carbocycles. The number of nitrogens with zero attached hydrogens (tertiary/aromatic N) is 1. The molecule has 0 unspecified atom stereocenters. The molecule has 3 heteroatoms. The number of rotatable bonds is 6. The van der Waals surface area contributed by atoms with Gasteiger partial charge in [0.1, 0.15) is 0 Å². The van der Waals surface area contributed by atoms with Crippen molar-refractivity contribution in [2.24, 2.45) is 56.9 Å². The summed E-state index contributed by atoms with van der Waals surface area (Å²) in [4.78, 5) is 16.5. The van der Waals surface area contributed by atoms with Crippen LogP contribution in [0.1, 0.15) is 120 Å². The molecule has 34 heavy (non-hydrogen) atoms. The molecule has 4 aliphatic rings. The molecule has 7 atom stereocenters. The Morgan fingerprint density at radius 2 is 1.79 bits per heavy atom. The molecule has 0 heterocycles. The van der Waals surface area contributed by atoms with E-state index in [1.165, 1.54) is 58.3 Å². The average molecular weight is 470 g/mol. The molecular formula is C31H51NO2. The largest absolute Gasteiger partial charge is 0.331 e. The van der Waals surface area contributed by atoms with Crippen molar-refractivity contribution in [3.05, 3.63) is 11.6 Å². The van der Waals surface area contributed by atoms with E-state index in [9.17, 15) is 4.79 Å². The molecule has 0 N–H and O–H groups in total. The van der Waals surface area contributed by atoms with E-state index in [0.29, 0.717) is 5.41 Å². The van der Waals surface area contributed by atoms with Crippen molar-refractivity contribution in [3.63, 3.8) is 0 Å². The van der Waals surface area contributed by atoms with Crippen LogP contribution in [0.3, 0.4) is 0 Å². The van der Waals surface area contributed by atoms with E-state index >= 15 is 0 Å². The van der Waals surface area contributed by atoms with Crippen LogP contribution in [0, 0.1) is 51.8 Å². The number of allylic oxidation sites excluding steroid dienone is 2. The summed E-state index contributed by atoms with van der Waals surface area (Å²) >= 11 is 0. The molecule has 0 saturated heterocycles. The fraction of sp³-hybridized carbons (Fsp3) is 0.871. The maximum Gasteiger partial charge on any atom is 0.331 e. The summed E-state index contributed by atoms with van der Waals surface area (Å²) in [5.41, 5.74) is 3.27. The highest BCUT2D eigenvalue weighted by Crippen LogP contribution is 2.68. The molecule has 0 aromatic heterocycles. The van der Waals surface area contributed by atoms with Crippen molar-refractivity contribution < 1.29 is 9.63 Å². The first kappa shape index (κ1) is 26.0. The molecule has 3 saturated carbocycles. The van der Waals surface area contributed by atoms with Gasteiger partial charge < -0.3 is 4.84 Å². The van der Waals surface area contributed by atoms with E-state index in [4.69, 9.17) is 4.84 Å². The lowest BCUT2D eigenvalue weighted by Crippen LogP contribution is -2.53. The number of fused-ring (bicyclic) bond motifs is 5. The maximum atomic E-state index is 11.4. The van der Waals surface area contributed by atoms with Gasteiger partial charge in [0, 0.05) is 12.3 Å². The van der Waals surface area contributed by atoms with Gasteiger partial charge in [0.15, 0.2) is 0 Å². The SMILES string of the molecule is CC(=O)O/N=C1\CC[C@@]2(C)C(=CC[C@H]3[C@@H]4CC[C@H]([C@H](C)CCCC(C)C)[C@@]4(C)CC[C@@H]32)C1(C)C. The lowest BCUT2D eigenvalue weighted by Gasteiger charge is -2.60. The van der Waals surface area contributed by atoms with E-state index in [-0.39, 0.29) is 16.8 Å². The number of carbonyl (C=O) groups is 1. The minimum absolute atomic E-state index is 0.128. The van der Waals surface area contributed by atoms with Crippen molar-refractivity contribution in [1.29, 1.82) is 0 Å². The Morgan fingerprint density at radius 1 is 1.06 bits per heavy atom. The molecule has 0 radical (unpaired) electrons. The summed E-state index contributed by atoms with van der Waals surface area (Å²) in [6.07, 6.45) is 15.8. The number of hydrogen-bond acceptors (Lipinski definition) is 3. The van der Waals surface area contributed by atoms with Crippen LogP contribution in [0.15, 0.2) is 16.8 Å². The summed E-state index contributed by atoms with van der Waals surface area (Å²) in [6, 6.07) is 0. The van der Waals surface area contributed by atoms with Crippen LogP contribution in [0.5, 0.6) is 0 Å². The second-order valence-corrected chi connectivity index (χ2v) is 13.9. The van der Waals surface area contributed by atoms with Gasteiger partial charge in [0.05, 0.1) is 5.71 Å². The summed E-state index contributed by atoms with van der Waals surface area (Å²) < 4.78 is 0. The molecule has 0 bridgehead atoms. The van der Waals surface area contributed by atoms with Crippen molar-refractivity contribution in [1.82, 2.24) is 0 Å². The first-order valence-electron chi connectivity index (χ1n) is 14.4. The smallest absolute Gasteiger partial charge is 0.319 e. The molecule has 0 aromatic rings. The van der Waals surface area contributed by atoms with Gasteiger partial charge >= 0.3 is 5.97 Å². The van der Waals surface area contributed by atoms with Crippen molar-refractivity contribution >= 4 is 11.7 Å².